The van der Waals surface area contributed by atoms with Crippen molar-refractivity contribution >= 4 is 5.78 Å². The number of nitrogens with one attached hydrogen (secondary N) is 1. The molecule has 66 valence electrons. The number of aromatic amines is 1. The summed E-state index contributed by atoms with van der Waals surface area (Å²) in [5.74, 6) is 0.638. The molecule has 0 unspecified atom stereocenters. The minimum atomic E-state index is 0.207. The predicted molar refractivity (Wildman–Crippen MR) is 49.3 cm³/mol. The van der Waals surface area contributed by atoms with Crippen LogP contribution in [0.5, 0.6) is 0 Å². The van der Waals surface area contributed by atoms with Crippen molar-refractivity contribution in [2.45, 2.75) is 27.2 Å². The molecule has 0 atom stereocenters. The molecule has 1 heterocycles. The summed E-state index contributed by atoms with van der Waals surface area (Å²) in [5.41, 5.74) is 1.85. The van der Waals surface area contributed by atoms with Crippen LogP contribution in [0.3, 0.4) is 0 Å². The zero-order valence-electron chi connectivity index (χ0n) is 7.85. The van der Waals surface area contributed by atoms with E-state index >= 15 is 0 Å². The maximum atomic E-state index is 11.4. The van der Waals surface area contributed by atoms with Crippen LogP contribution < -0.4 is 0 Å². The second-order valence-electron chi connectivity index (χ2n) is 3.61. The number of aromatic nitrogens is 1. The smallest absolute Gasteiger partial charge is 0.179 e. The molecular formula is C10H15NO. The molecule has 0 amide bonds. The van der Waals surface area contributed by atoms with Crippen LogP contribution in [0.15, 0.2) is 12.3 Å². The van der Waals surface area contributed by atoms with Gasteiger partial charge in [0.2, 0.25) is 0 Å². The third kappa shape index (κ3) is 2.22. The van der Waals surface area contributed by atoms with E-state index in [2.05, 4.69) is 4.98 Å². The van der Waals surface area contributed by atoms with Crippen LogP contribution in [0.4, 0.5) is 0 Å². The first-order valence-corrected chi connectivity index (χ1v) is 4.28. The van der Waals surface area contributed by atoms with E-state index in [1.54, 1.807) is 0 Å². The Morgan fingerprint density at radius 1 is 1.58 bits per heavy atom. The van der Waals surface area contributed by atoms with Gasteiger partial charge < -0.3 is 4.98 Å². The number of carbonyl (C=O) groups is 1. The summed E-state index contributed by atoms with van der Waals surface area (Å²) in [6.07, 6.45) is 2.48. The minimum absolute atomic E-state index is 0.207. The zero-order chi connectivity index (χ0) is 9.14. The lowest BCUT2D eigenvalue weighted by atomic mass is 10.1. The van der Waals surface area contributed by atoms with Gasteiger partial charge in [-0.25, -0.2) is 0 Å². The predicted octanol–water partition coefficient (Wildman–Crippen LogP) is 2.55. The summed E-state index contributed by atoms with van der Waals surface area (Å²) in [4.78, 5) is 14.4. The fraction of sp³-hybridized carbons (Fsp3) is 0.500. The number of rotatable bonds is 3. The maximum Gasteiger partial charge on any atom is 0.179 e. The molecule has 1 aromatic rings. The molecule has 2 nitrogen and oxygen atoms in total. The second-order valence-corrected chi connectivity index (χ2v) is 3.61. The van der Waals surface area contributed by atoms with Crippen molar-refractivity contribution in [2.75, 3.05) is 0 Å². The van der Waals surface area contributed by atoms with Crippen molar-refractivity contribution in [1.82, 2.24) is 4.98 Å². The van der Waals surface area contributed by atoms with E-state index < -0.39 is 0 Å². The van der Waals surface area contributed by atoms with Gasteiger partial charge in [-0.15, -0.1) is 0 Å². The van der Waals surface area contributed by atoms with Gasteiger partial charge in [0.1, 0.15) is 0 Å². The number of hydrogen-bond donors (Lipinski definition) is 1. The molecule has 1 aromatic heterocycles. The van der Waals surface area contributed by atoms with E-state index in [-0.39, 0.29) is 5.78 Å². The molecule has 12 heavy (non-hydrogen) atoms. The summed E-state index contributed by atoms with van der Waals surface area (Å²) in [6.45, 7) is 6.07. The quantitative estimate of drug-likeness (QED) is 0.686. The fourth-order valence-electron chi connectivity index (χ4n) is 1.14. The molecular weight excluding hydrogens is 150 g/mol. The molecule has 2 heteroatoms. The third-order valence-corrected chi connectivity index (χ3v) is 1.72. The van der Waals surface area contributed by atoms with Gasteiger partial charge in [-0.3, -0.25) is 4.79 Å². The van der Waals surface area contributed by atoms with E-state index in [1.807, 2.05) is 33.0 Å². The number of hydrogen-bond acceptors (Lipinski definition) is 1. The van der Waals surface area contributed by atoms with Gasteiger partial charge in [0.15, 0.2) is 5.78 Å². The van der Waals surface area contributed by atoms with E-state index in [0.717, 1.165) is 11.3 Å². The van der Waals surface area contributed by atoms with E-state index in [9.17, 15) is 4.79 Å². The Labute approximate surface area is 73.0 Å². The second kappa shape index (κ2) is 3.57. The van der Waals surface area contributed by atoms with Crippen LogP contribution in [-0.2, 0) is 0 Å². The molecule has 0 spiro atoms. The summed E-state index contributed by atoms with van der Waals surface area (Å²) < 4.78 is 0. The monoisotopic (exact) mass is 165 g/mol. The Kier molecular flexibility index (Phi) is 2.69. The molecule has 0 bridgehead atoms. The minimum Gasteiger partial charge on any atom is -0.359 e. The van der Waals surface area contributed by atoms with Crippen molar-refractivity contribution < 1.29 is 4.79 Å². The number of Topliss-reactive ketones (excluding diaryl/α,β-unsaturated/α-hetero) is 1. The van der Waals surface area contributed by atoms with E-state index in [1.165, 1.54) is 0 Å². The first-order chi connectivity index (χ1) is 5.59. The lowest BCUT2D eigenvalue weighted by molar-refractivity contribution is 0.0963. The molecule has 0 radical (unpaired) electrons. The summed E-state index contributed by atoms with van der Waals surface area (Å²) in [6, 6.07) is 1.89. The van der Waals surface area contributed by atoms with Gasteiger partial charge in [0, 0.05) is 12.6 Å². The molecule has 0 aliphatic carbocycles. The lowest BCUT2D eigenvalue weighted by Gasteiger charge is -2.00. The standard InChI is InChI=1S/C10H15NO/c1-7(2)4-10(12)9-5-8(3)6-11-9/h5-7,11H,4H2,1-3H3. The molecule has 1 rings (SSSR count). The van der Waals surface area contributed by atoms with Gasteiger partial charge >= 0.3 is 0 Å². The Bertz CT molecular complexity index is 273. The van der Waals surface area contributed by atoms with Gasteiger partial charge in [-0.05, 0) is 24.5 Å². The first kappa shape index (κ1) is 9.04. The maximum absolute atomic E-state index is 11.4. The van der Waals surface area contributed by atoms with Crippen molar-refractivity contribution in [2.24, 2.45) is 5.92 Å². The number of carbonyl (C=O) groups excluding carboxylic acids is 1. The number of ketones is 1. The highest BCUT2D eigenvalue weighted by atomic mass is 16.1. The summed E-state index contributed by atoms with van der Waals surface area (Å²) in [5, 5.41) is 0. The highest BCUT2D eigenvalue weighted by Gasteiger charge is 2.08. The third-order valence-electron chi connectivity index (χ3n) is 1.72. The molecule has 0 saturated heterocycles. The molecule has 0 aliphatic heterocycles. The largest absolute Gasteiger partial charge is 0.359 e. The Morgan fingerprint density at radius 3 is 2.67 bits per heavy atom. The van der Waals surface area contributed by atoms with Gasteiger partial charge in [0.25, 0.3) is 0 Å². The highest BCUT2D eigenvalue weighted by Crippen LogP contribution is 2.09. The van der Waals surface area contributed by atoms with Crippen LogP contribution in [0.25, 0.3) is 0 Å². The Hall–Kier alpha value is -1.05. The zero-order valence-corrected chi connectivity index (χ0v) is 7.85. The molecule has 0 saturated carbocycles. The molecule has 0 fully saturated rings. The number of aryl methyl sites for hydroxylation is 1. The average molecular weight is 165 g/mol. The molecule has 0 aliphatic rings. The lowest BCUT2D eigenvalue weighted by Crippen LogP contribution is -2.03. The average Bonchev–Trinajstić information content (AvgIpc) is 2.34. The SMILES string of the molecule is Cc1c[nH]c(C(=O)CC(C)C)c1. The molecule has 1 N–H and O–H groups in total. The van der Waals surface area contributed by atoms with Crippen LogP contribution >= 0.6 is 0 Å². The number of H-pyrrole nitrogens is 1. The van der Waals surface area contributed by atoms with E-state index in [4.69, 9.17) is 0 Å². The topological polar surface area (TPSA) is 32.9 Å². The van der Waals surface area contributed by atoms with Gasteiger partial charge in [-0.2, -0.15) is 0 Å². The van der Waals surface area contributed by atoms with Crippen molar-refractivity contribution in [3.63, 3.8) is 0 Å². The van der Waals surface area contributed by atoms with Crippen molar-refractivity contribution in [3.8, 4) is 0 Å². The summed E-state index contributed by atoms with van der Waals surface area (Å²) in [7, 11) is 0. The highest BCUT2D eigenvalue weighted by molar-refractivity contribution is 5.94. The fourth-order valence-corrected chi connectivity index (χ4v) is 1.14. The van der Waals surface area contributed by atoms with Crippen molar-refractivity contribution in [1.29, 1.82) is 0 Å². The molecule has 0 aromatic carbocycles. The Morgan fingerprint density at radius 2 is 2.25 bits per heavy atom. The van der Waals surface area contributed by atoms with Gasteiger partial charge in [0.05, 0.1) is 5.69 Å². The van der Waals surface area contributed by atoms with Crippen LogP contribution in [0.1, 0.15) is 36.3 Å². The van der Waals surface area contributed by atoms with E-state index in [0.29, 0.717) is 12.3 Å². The van der Waals surface area contributed by atoms with Crippen LogP contribution in [0, 0.1) is 12.8 Å². The van der Waals surface area contributed by atoms with Gasteiger partial charge in [-0.1, -0.05) is 13.8 Å². The van der Waals surface area contributed by atoms with Crippen LogP contribution in [-0.4, -0.2) is 10.8 Å². The summed E-state index contributed by atoms with van der Waals surface area (Å²) >= 11 is 0. The van der Waals surface area contributed by atoms with Crippen LogP contribution in [0.2, 0.25) is 0 Å². The first-order valence-electron chi connectivity index (χ1n) is 4.28. The van der Waals surface area contributed by atoms with Crippen molar-refractivity contribution in [3.05, 3.63) is 23.5 Å². The normalized spacial score (nSPS) is 10.7. The Balaban J connectivity index is 2.65.